The average molecular weight is 1040 g/mol. The van der Waals surface area contributed by atoms with Gasteiger partial charge < -0.3 is 28.8 Å². The highest BCUT2D eigenvalue weighted by atomic mass is 31.2. The molecule has 0 aromatic rings. The number of allylic oxidation sites excluding steroid dienone is 3. The first-order chi connectivity index (χ1) is 35.0. The van der Waals surface area contributed by atoms with E-state index in [0.29, 0.717) is 17.4 Å². The van der Waals surface area contributed by atoms with E-state index in [2.05, 4.69) is 31.3 Å². The van der Waals surface area contributed by atoms with Crippen molar-refractivity contribution in [2.45, 2.75) is 334 Å². The molecule has 0 rings (SSSR count). The fourth-order valence-corrected chi connectivity index (χ4v) is 10.4. The summed E-state index contributed by atoms with van der Waals surface area (Å²) in [6, 6.07) is -0.899. The number of phosphoric ester groups is 1. The second-order valence-corrected chi connectivity index (χ2v) is 24.5. The molecule has 428 valence electrons. The summed E-state index contributed by atoms with van der Waals surface area (Å²) in [6.45, 7) is 4.64. The number of phosphoric acid groups is 1. The van der Waals surface area contributed by atoms with Crippen LogP contribution in [0.4, 0.5) is 0 Å². The summed E-state index contributed by atoms with van der Waals surface area (Å²) in [7, 11) is 1.26. The lowest BCUT2D eigenvalue weighted by Crippen LogP contribution is -2.45. The summed E-state index contributed by atoms with van der Waals surface area (Å²) < 4.78 is 23.3. The number of hydrogen-bond donors (Lipinski definition) is 2. The van der Waals surface area contributed by atoms with Gasteiger partial charge in [-0.1, -0.05) is 308 Å². The van der Waals surface area contributed by atoms with Crippen molar-refractivity contribution in [3.8, 4) is 0 Å². The van der Waals surface area contributed by atoms with Gasteiger partial charge in [0.2, 0.25) is 5.91 Å². The molecule has 0 fully saturated rings. The van der Waals surface area contributed by atoms with Crippen LogP contribution in [-0.2, 0) is 18.4 Å². The second kappa shape index (κ2) is 54.8. The number of quaternary nitrogens is 1. The van der Waals surface area contributed by atoms with Gasteiger partial charge in [0.1, 0.15) is 13.2 Å². The smallest absolute Gasteiger partial charge is 0.268 e. The van der Waals surface area contributed by atoms with Crippen LogP contribution in [0, 0.1) is 0 Å². The van der Waals surface area contributed by atoms with Crippen LogP contribution < -0.4 is 10.2 Å². The normalized spacial score (nSPS) is 13.9. The summed E-state index contributed by atoms with van der Waals surface area (Å²) >= 11 is 0. The van der Waals surface area contributed by atoms with E-state index >= 15 is 0 Å². The SMILES string of the molecule is CCCCCCCC/C=C/CC/C=C/C(O)C(COP(=O)([O-])OCC[N+](C)(C)C)NC(=O)CCCCCCCCCCCCCCCCCCCCCCCCCCCCCCCCCCCCCCCC. The highest BCUT2D eigenvalue weighted by Crippen LogP contribution is 2.38. The maximum atomic E-state index is 12.9. The molecule has 0 saturated heterocycles. The lowest BCUT2D eigenvalue weighted by molar-refractivity contribution is -0.870. The Morgan fingerprint density at radius 2 is 0.778 bits per heavy atom. The molecule has 0 aromatic carbocycles. The fourth-order valence-electron chi connectivity index (χ4n) is 9.70. The summed E-state index contributed by atoms with van der Waals surface area (Å²) in [5.74, 6) is -0.202. The van der Waals surface area contributed by atoms with Crippen molar-refractivity contribution >= 4 is 13.7 Å². The largest absolute Gasteiger partial charge is 0.756 e. The fraction of sp³-hybridized carbons (Fsp3) is 0.921. The standard InChI is InChI=1S/C63H125N2O6P/c1-6-8-10-12-14-16-18-20-21-22-23-24-25-26-27-28-29-30-31-32-33-34-35-36-37-38-39-40-41-42-43-44-45-47-49-51-53-55-57-63(67)64-61(60-71-72(68,69)70-59-58-65(3,4)5)62(66)56-54-52-50-48-46-19-17-15-13-11-9-7-2/h46,48,54,56,61-62,66H,6-45,47,49-53,55,57-60H2,1-5H3,(H-,64,67,68,69)/b48-46+,56-54+. The molecule has 0 aromatic heterocycles. The molecule has 0 heterocycles. The van der Waals surface area contributed by atoms with Gasteiger partial charge in [0, 0.05) is 6.42 Å². The Labute approximate surface area is 449 Å². The van der Waals surface area contributed by atoms with Crippen LogP contribution in [0.1, 0.15) is 322 Å². The molecule has 3 atom stereocenters. The summed E-state index contributed by atoms with van der Waals surface area (Å²) in [4.78, 5) is 25.4. The van der Waals surface area contributed by atoms with Crippen molar-refractivity contribution in [2.75, 3.05) is 40.9 Å². The number of unbranched alkanes of at least 4 members (excludes halogenated alkanes) is 44. The molecule has 72 heavy (non-hydrogen) atoms. The van der Waals surface area contributed by atoms with E-state index in [1.54, 1.807) is 6.08 Å². The molecule has 1 amide bonds. The maximum Gasteiger partial charge on any atom is 0.268 e. The Balaban J connectivity index is 3.84. The minimum Gasteiger partial charge on any atom is -0.756 e. The van der Waals surface area contributed by atoms with Gasteiger partial charge in [-0.2, -0.15) is 0 Å². The van der Waals surface area contributed by atoms with Crippen molar-refractivity contribution in [3.63, 3.8) is 0 Å². The van der Waals surface area contributed by atoms with E-state index in [4.69, 9.17) is 9.05 Å². The van der Waals surface area contributed by atoms with E-state index in [9.17, 15) is 19.4 Å². The third-order valence-corrected chi connectivity index (χ3v) is 15.6. The topological polar surface area (TPSA) is 108 Å². The van der Waals surface area contributed by atoms with Gasteiger partial charge in [0.15, 0.2) is 0 Å². The minimum atomic E-state index is -4.60. The molecule has 0 saturated carbocycles. The van der Waals surface area contributed by atoms with Gasteiger partial charge in [0.05, 0.1) is 39.9 Å². The molecule has 0 radical (unpaired) electrons. The Bertz CT molecular complexity index is 1220. The van der Waals surface area contributed by atoms with Crippen LogP contribution >= 0.6 is 7.82 Å². The number of hydrogen-bond acceptors (Lipinski definition) is 6. The number of nitrogens with zero attached hydrogens (tertiary/aromatic N) is 1. The zero-order chi connectivity index (χ0) is 52.7. The molecule has 0 bridgehead atoms. The lowest BCUT2D eigenvalue weighted by atomic mass is 10.0. The Kier molecular flexibility index (Phi) is 54.0. The maximum absolute atomic E-state index is 12.9. The molecule has 8 nitrogen and oxygen atoms in total. The van der Waals surface area contributed by atoms with Crippen molar-refractivity contribution in [2.24, 2.45) is 0 Å². The molecule has 2 N–H and O–H groups in total. The monoisotopic (exact) mass is 1040 g/mol. The highest BCUT2D eigenvalue weighted by molar-refractivity contribution is 7.45. The van der Waals surface area contributed by atoms with E-state index in [1.165, 1.54) is 263 Å². The molecular formula is C63H125N2O6P. The van der Waals surface area contributed by atoms with Gasteiger partial charge in [-0.3, -0.25) is 9.36 Å². The molecule has 0 aliphatic heterocycles. The van der Waals surface area contributed by atoms with Gasteiger partial charge in [-0.05, 0) is 32.1 Å². The highest BCUT2D eigenvalue weighted by Gasteiger charge is 2.23. The molecule has 3 unspecified atom stereocenters. The number of carbonyl (C=O) groups excluding carboxylic acids is 1. The third kappa shape index (κ3) is 56.7. The van der Waals surface area contributed by atoms with E-state index in [1.807, 2.05) is 27.2 Å². The first kappa shape index (κ1) is 71.0. The van der Waals surface area contributed by atoms with Crippen LogP contribution in [0.5, 0.6) is 0 Å². The van der Waals surface area contributed by atoms with Crippen LogP contribution in [0.15, 0.2) is 24.3 Å². The molecule has 9 heteroatoms. The van der Waals surface area contributed by atoms with Gasteiger partial charge in [-0.25, -0.2) is 0 Å². The molecule has 0 aliphatic carbocycles. The molecule has 0 spiro atoms. The van der Waals surface area contributed by atoms with Crippen LogP contribution in [0.25, 0.3) is 0 Å². The zero-order valence-electron chi connectivity index (χ0n) is 48.9. The predicted molar refractivity (Wildman–Crippen MR) is 312 cm³/mol. The quantitative estimate of drug-likeness (QED) is 0.0272. The predicted octanol–water partition coefficient (Wildman–Crippen LogP) is 18.9. The Hall–Kier alpha value is -1.02. The first-order valence-electron chi connectivity index (χ1n) is 31.7. The van der Waals surface area contributed by atoms with Gasteiger partial charge in [0.25, 0.3) is 7.82 Å². The third-order valence-electron chi connectivity index (χ3n) is 14.7. The van der Waals surface area contributed by atoms with Crippen LogP contribution in [0.3, 0.4) is 0 Å². The molecular weight excluding hydrogens is 912 g/mol. The number of aliphatic hydroxyl groups excluding tert-OH is 1. The zero-order valence-corrected chi connectivity index (χ0v) is 49.8. The number of carbonyl (C=O) groups is 1. The lowest BCUT2D eigenvalue weighted by Gasteiger charge is -2.29. The van der Waals surface area contributed by atoms with Crippen LogP contribution in [-0.4, -0.2) is 68.5 Å². The first-order valence-corrected chi connectivity index (χ1v) is 33.2. The molecule has 0 aliphatic rings. The van der Waals surface area contributed by atoms with Crippen molar-refractivity contribution in [1.29, 1.82) is 0 Å². The number of amides is 1. The summed E-state index contributed by atoms with van der Waals surface area (Å²) in [5.41, 5.74) is 0. The summed E-state index contributed by atoms with van der Waals surface area (Å²) in [5, 5.41) is 13.8. The van der Waals surface area contributed by atoms with E-state index in [-0.39, 0.29) is 19.1 Å². The number of nitrogens with one attached hydrogen (secondary N) is 1. The van der Waals surface area contributed by atoms with Gasteiger partial charge in [-0.15, -0.1) is 0 Å². The van der Waals surface area contributed by atoms with Crippen molar-refractivity contribution in [3.05, 3.63) is 24.3 Å². The number of likely N-dealkylation sites (N-methyl/N-ethyl adjacent to an activating group) is 1. The van der Waals surface area contributed by atoms with Crippen molar-refractivity contribution in [1.82, 2.24) is 5.32 Å². The minimum absolute atomic E-state index is 0.00405. The van der Waals surface area contributed by atoms with Gasteiger partial charge >= 0.3 is 0 Å². The Morgan fingerprint density at radius 1 is 0.472 bits per heavy atom. The van der Waals surface area contributed by atoms with Crippen molar-refractivity contribution < 1.29 is 32.9 Å². The number of aliphatic hydroxyl groups is 1. The Morgan fingerprint density at radius 3 is 1.12 bits per heavy atom. The van der Waals surface area contributed by atoms with E-state index in [0.717, 1.165) is 38.5 Å². The average Bonchev–Trinajstić information content (AvgIpc) is 3.34. The summed E-state index contributed by atoms with van der Waals surface area (Å²) in [6.07, 6.45) is 70.3. The van der Waals surface area contributed by atoms with E-state index < -0.39 is 20.0 Å². The van der Waals surface area contributed by atoms with Crippen LogP contribution in [0.2, 0.25) is 0 Å². The number of rotatable bonds is 59. The second-order valence-electron chi connectivity index (χ2n) is 23.1.